The number of ether oxygens (including phenoxy) is 1. The zero-order valence-electron chi connectivity index (χ0n) is 14.2. The van der Waals surface area contributed by atoms with Crippen LogP contribution in [-0.4, -0.2) is 20.2 Å². The minimum atomic E-state index is 0.491. The van der Waals surface area contributed by atoms with Gasteiger partial charge in [-0.25, -0.2) is 0 Å². The molecule has 0 fully saturated rings. The summed E-state index contributed by atoms with van der Waals surface area (Å²) in [5, 5.41) is 0. The number of likely N-dealkylation sites (N-methyl/N-ethyl adjacent to an activating group) is 1. The van der Waals surface area contributed by atoms with Gasteiger partial charge in [0, 0.05) is 5.56 Å². The second-order valence-electron chi connectivity index (χ2n) is 6.41. The molecular weight excluding hydrogens is 270 g/mol. The van der Waals surface area contributed by atoms with Crippen LogP contribution in [0.25, 0.3) is 0 Å². The monoisotopic (exact) mass is 298 g/mol. The molecule has 0 aliphatic heterocycles. The molecule has 0 bridgehead atoms. The lowest BCUT2D eigenvalue weighted by Crippen LogP contribution is -3.08. The molecule has 0 heterocycles. The number of hydrogen-bond acceptors (Lipinski definition) is 1. The van der Waals surface area contributed by atoms with Crippen LogP contribution in [0.3, 0.4) is 0 Å². The van der Waals surface area contributed by atoms with Gasteiger partial charge in [-0.3, -0.25) is 0 Å². The molecule has 22 heavy (non-hydrogen) atoms. The molecule has 0 radical (unpaired) electrons. The van der Waals surface area contributed by atoms with Gasteiger partial charge in [0.2, 0.25) is 0 Å². The third kappa shape index (κ3) is 4.88. The number of aryl methyl sites for hydroxylation is 1. The fourth-order valence-corrected chi connectivity index (χ4v) is 2.61. The van der Waals surface area contributed by atoms with Crippen LogP contribution >= 0.6 is 0 Å². The van der Waals surface area contributed by atoms with Crippen LogP contribution in [0.5, 0.6) is 5.75 Å². The summed E-state index contributed by atoms with van der Waals surface area (Å²) in [6.45, 7) is 9.33. The summed E-state index contributed by atoms with van der Waals surface area (Å²) >= 11 is 0. The second kappa shape index (κ2) is 8.00. The zero-order valence-corrected chi connectivity index (χ0v) is 14.2. The van der Waals surface area contributed by atoms with Crippen LogP contribution in [0.15, 0.2) is 48.5 Å². The maximum Gasteiger partial charge on any atom is 0.137 e. The standard InChI is InChI=1S/C20H27NO/c1-16(2)19-11-10-17(3)14-20(19)22-13-12-21(4)15-18-8-6-5-7-9-18/h5-11,14,16H,12-13,15H2,1-4H3/p+1. The highest BCUT2D eigenvalue weighted by atomic mass is 16.5. The molecule has 2 heteroatoms. The van der Waals surface area contributed by atoms with Gasteiger partial charge in [-0.15, -0.1) is 0 Å². The van der Waals surface area contributed by atoms with Gasteiger partial charge in [0.25, 0.3) is 0 Å². The summed E-state index contributed by atoms with van der Waals surface area (Å²) in [5.41, 5.74) is 3.93. The van der Waals surface area contributed by atoms with Crippen molar-refractivity contribution in [3.63, 3.8) is 0 Å². The lowest BCUT2D eigenvalue weighted by molar-refractivity contribution is -0.893. The number of quaternary nitrogens is 1. The molecule has 2 rings (SSSR count). The fraction of sp³-hybridized carbons (Fsp3) is 0.400. The molecule has 0 saturated heterocycles. The molecule has 0 aromatic heterocycles. The van der Waals surface area contributed by atoms with E-state index in [-0.39, 0.29) is 0 Å². The average molecular weight is 298 g/mol. The minimum absolute atomic E-state index is 0.491. The number of benzene rings is 2. The summed E-state index contributed by atoms with van der Waals surface area (Å²) in [7, 11) is 2.22. The highest BCUT2D eigenvalue weighted by Gasteiger charge is 2.09. The van der Waals surface area contributed by atoms with Crippen LogP contribution in [0, 0.1) is 6.92 Å². The van der Waals surface area contributed by atoms with Gasteiger partial charge in [0.05, 0.1) is 7.05 Å². The molecule has 1 unspecified atom stereocenters. The Balaban J connectivity index is 1.87. The molecule has 0 aliphatic carbocycles. The van der Waals surface area contributed by atoms with Crippen molar-refractivity contribution >= 4 is 0 Å². The molecule has 0 saturated carbocycles. The summed E-state index contributed by atoms with van der Waals surface area (Å²) in [6, 6.07) is 17.1. The van der Waals surface area contributed by atoms with Gasteiger partial charge in [-0.05, 0) is 30.0 Å². The van der Waals surface area contributed by atoms with Gasteiger partial charge in [0.15, 0.2) is 0 Å². The van der Waals surface area contributed by atoms with E-state index in [2.05, 4.69) is 76.3 Å². The molecule has 118 valence electrons. The first kappa shape index (κ1) is 16.6. The minimum Gasteiger partial charge on any atom is -0.487 e. The first-order chi connectivity index (χ1) is 10.6. The number of hydrogen-bond donors (Lipinski definition) is 1. The van der Waals surface area contributed by atoms with Crippen LogP contribution in [0.2, 0.25) is 0 Å². The molecule has 1 N–H and O–H groups in total. The summed E-state index contributed by atoms with van der Waals surface area (Å²) in [4.78, 5) is 1.46. The van der Waals surface area contributed by atoms with Crippen molar-refractivity contribution in [1.29, 1.82) is 0 Å². The Labute approximate surface area is 134 Å². The van der Waals surface area contributed by atoms with Gasteiger partial charge in [-0.2, -0.15) is 0 Å². The third-order valence-corrected chi connectivity index (χ3v) is 3.93. The normalized spacial score (nSPS) is 12.4. The molecule has 2 aromatic rings. The largest absolute Gasteiger partial charge is 0.487 e. The van der Waals surface area contributed by atoms with Gasteiger partial charge in [-0.1, -0.05) is 56.3 Å². The van der Waals surface area contributed by atoms with Crippen molar-refractivity contribution in [2.24, 2.45) is 0 Å². The summed E-state index contributed by atoms with van der Waals surface area (Å²) in [5.74, 6) is 1.53. The van der Waals surface area contributed by atoms with Crippen molar-refractivity contribution in [3.05, 3.63) is 65.2 Å². The van der Waals surface area contributed by atoms with E-state index in [9.17, 15) is 0 Å². The maximum atomic E-state index is 6.07. The number of rotatable bonds is 7. The van der Waals surface area contributed by atoms with E-state index in [4.69, 9.17) is 4.74 Å². The van der Waals surface area contributed by atoms with Gasteiger partial charge in [0.1, 0.15) is 25.4 Å². The predicted octanol–water partition coefficient (Wildman–Crippen LogP) is 3.21. The van der Waals surface area contributed by atoms with Crippen molar-refractivity contribution < 1.29 is 9.64 Å². The van der Waals surface area contributed by atoms with Crippen molar-refractivity contribution in [1.82, 2.24) is 0 Å². The molecule has 1 atom stereocenters. The van der Waals surface area contributed by atoms with Crippen molar-refractivity contribution in [3.8, 4) is 5.75 Å². The molecule has 0 spiro atoms. The first-order valence-electron chi connectivity index (χ1n) is 8.15. The Morgan fingerprint density at radius 1 is 1.05 bits per heavy atom. The molecule has 0 aliphatic rings. The Bertz CT molecular complexity index is 578. The topological polar surface area (TPSA) is 13.7 Å². The zero-order chi connectivity index (χ0) is 15.9. The lowest BCUT2D eigenvalue weighted by Gasteiger charge is -2.17. The van der Waals surface area contributed by atoms with E-state index >= 15 is 0 Å². The molecule has 0 amide bonds. The molecule has 2 nitrogen and oxygen atoms in total. The first-order valence-corrected chi connectivity index (χ1v) is 8.15. The predicted molar refractivity (Wildman–Crippen MR) is 92.7 cm³/mol. The van der Waals surface area contributed by atoms with E-state index in [1.807, 2.05) is 0 Å². The smallest absolute Gasteiger partial charge is 0.137 e. The van der Waals surface area contributed by atoms with Gasteiger partial charge >= 0.3 is 0 Å². The summed E-state index contributed by atoms with van der Waals surface area (Å²) < 4.78 is 6.07. The molecular formula is C20H28NO+. The number of nitrogens with one attached hydrogen (secondary N) is 1. The summed E-state index contributed by atoms with van der Waals surface area (Å²) in [6.07, 6.45) is 0. The Kier molecular flexibility index (Phi) is 6.02. The lowest BCUT2D eigenvalue weighted by atomic mass is 10.0. The highest BCUT2D eigenvalue weighted by Crippen LogP contribution is 2.27. The van der Waals surface area contributed by atoms with E-state index in [1.165, 1.54) is 21.6 Å². The Hall–Kier alpha value is -1.80. The van der Waals surface area contributed by atoms with E-state index < -0.39 is 0 Å². The maximum absolute atomic E-state index is 6.07. The highest BCUT2D eigenvalue weighted by molar-refractivity contribution is 5.39. The molecule has 2 aromatic carbocycles. The fourth-order valence-electron chi connectivity index (χ4n) is 2.61. The van der Waals surface area contributed by atoms with E-state index in [1.54, 1.807) is 0 Å². The Morgan fingerprint density at radius 2 is 1.77 bits per heavy atom. The van der Waals surface area contributed by atoms with Crippen molar-refractivity contribution in [2.75, 3.05) is 20.2 Å². The van der Waals surface area contributed by atoms with Crippen LogP contribution in [0.1, 0.15) is 36.5 Å². The average Bonchev–Trinajstić information content (AvgIpc) is 2.48. The van der Waals surface area contributed by atoms with Crippen molar-refractivity contribution in [2.45, 2.75) is 33.2 Å². The second-order valence-corrected chi connectivity index (χ2v) is 6.41. The van der Waals surface area contributed by atoms with E-state index in [0.717, 1.165) is 25.4 Å². The quantitative estimate of drug-likeness (QED) is 0.828. The third-order valence-electron chi connectivity index (χ3n) is 3.93. The van der Waals surface area contributed by atoms with Crippen LogP contribution in [0.4, 0.5) is 0 Å². The van der Waals surface area contributed by atoms with Crippen LogP contribution < -0.4 is 9.64 Å². The SMILES string of the molecule is Cc1ccc(C(C)C)c(OCC[NH+](C)Cc2ccccc2)c1. The van der Waals surface area contributed by atoms with Crippen LogP contribution in [-0.2, 0) is 6.54 Å². The van der Waals surface area contributed by atoms with E-state index in [0.29, 0.717) is 5.92 Å². The van der Waals surface area contributed by atoms with Gasteiger partial charge < -0.3 is 9.64 Å². The Morgan fingerprint density at radius 3 is 2.45 bits per heavy atom.